The number of hydrogen-bond donors (Lipinski definition) is 3. The van der Waals surface area contributed by atoms with Crippen LogP contribution in [0.2, 0.25) is 5.15 Å². The molecule has 0 unspecified atom stereocenters. The Kier molecular flexibility index (Phi) is 4.88. The number of nitrogens with two attached hydrogens (primary N) is 1. The first-order chi connectivity index (χ1) is 13.0. The van der Waals surface area contributed by atoms with Crippen LogP contribution in [0, 0.1) is 11.7 Å². The number of rotatable bonds is 5. The molecule has 4 rings (SSSR count). The van der Waals surface area contributed by atoms with Crippen molar-refractivity contribution in [1.82, 2.24) is 9.97 Å². The van der Waals surface area contributed by atoms with Gasteiger partial charge >= 0.3 is 0 Å². The van der Waals surface area contributed by atoms with Crippen molar-refractivity contribution in [3.8, 4) is 0 Å². The SMILES string of the molecule is Nc1nc(Cl)c(Cc2cc3cc(F)ccc3o2)c(N[C@H]2CC[C@@H](CO)C2)n1. The summed E-state index contributed by atoms with van der Waals surface area (Å²) >= 11 is 6.34. The third-order valence-electron chi connectivity index (χ3n) is 4.99. The van der Waals surface area contributed by atoms with Crippen molar-refractivity contribution in [1.29, 1.82) is 0 Å². The number of benzene rings is 1. The summed E-state index contributed by atoms with van der Waals surface area (Å²) in [5.41, 5.74) is 7.06. The van der Waals surface area contributed by atoms with Gasteiger partial charge in [-0.05, 0) is 49.4 Å². The minimum Gasteiger partial charge on any atom is -0.461 e. The van der Waals surface area contributed by atoms with E-state index in [-0.39, 0.29) is 29.6 Å². The summed E-state index contributed by atoms with van der Waals surface area (Å²) in [4.78, 5) is 8.37. The highest BCUT2D eigenvalue weighted by molar-refractivity contribution is 6.30. The zero-order valence-electron chi connectivity index (χ0n) is 14.6. The Morgan fingerprint density at radius 2 is 2.15 bits per heavy atom. The molecule has 0 amide bonds. The van der Waals surface area contributed by atoms with E-state index in [9.17, 15) is 9.50 Å². The van der Waals surface area contributed by atoms with Crippen LogP contribution in [-0.4, -0.2) is 27.7 Å². The lowest BCUT2D eigenvalue weighted by molar-refractivity contribution is 0.229. The molecule has 2 heterocycles. The van der Waals surface area contributed by atoms with Crippen molar-refractivity contribution in [2.75, 3.05) is 17.7 Å². The maximum absolute atomic E-state index is 13.4. The molecule has 0 aliphatic heterocycles. The van der Waals surface area contributed by atoms with Crippen molar-refractivity contribution in [3.63, 3.8) is 0 Å². The van der Waals surface area contributed by atoms with Crippen LogP contribution in [0.4, 0.5) is 16.2 Å². The minimum absolute atomic E-state index is 0.0923. The maximum atomic E-state index is 13.4. The molecule has 1 aromatic carbocycles. The Morgan fingerprint density at radius 3 is 2.93 bits per heavy atom. The quantitative estimate of drug-likeness (QED) is 0.574. The molecular weight excluding hydrogens is 371 g/mol. The number of nitrogens with one attached hydrogen (secondary N) is 1. The van der Waals surface area contributed by atoms with Gasteiger partial charge in [-0.3, -0.25) is 0 Å². The van der Waals surface area contributed by atoms with Crippen molar-refractivity contribution >= 4 is 34.3 Å². The average molecular weight is 391 g/mol. The molecule has 1 fully saturated rings. The third-order valence-corrected chi connectivity index (χ3v) is 5.31. The fourth-order valence-corrected chi connectivity index (χ4v) is 3.89. The highest BCUT2D eigenvalue weighted by Gasteiger charge is 2.26. The summed E-state index contributed by atoms with van der Waals surface area (Å²) in [5, 5.41) is 13.7. The molecule has 6 nitrogen and oxygen atoms in total. The van der Waals surface area contributed by atoms with Crippen LogP contribution in [0.1, 0.15) is 30.6 Å². The van der Waals surface area contributed by atoms with Crippen LogP contribution in [0.3, 0.4) is 0 Å². The molecule has 142 valence electrons. The van der Waals surface area contributed by atoms with E-state index in [1.807, 2.05) is 0 Å². The lowest BCUT2D eigenvalue weighted by atomic mass is 10.1. The number of nitrogens with zero attached hydrogens (tertiary/aromatic N) is 2. The molecule has 4 N–H and O–H groups in total. The highest BCUT2D eigenvalue weighted by Crippen LogP contribution is 2.32. The highest BCUT2D eigenvalue weighted by atomic mass is 35.5. The number of hydrogen-bond acceptors (Lipinski definition) is 6. The Bertz CT molecular complexity index is 978. The van der Waals surface area contributed by atoms with Gasteiger partial charge < -0.3 is 20.6 Å². The lowest BCUT2D eigenvalue weighted by Crippen LogP contribution is -2.19. The summed E-state index contributed by atoms with van der Waals surface area (Å²) in [6.45, 7) is 0.188. The molecule has 1 saturated carbocycles. The van der Waals surface area contributed by atoms with Gasteiger partial charge in [0.2, 0.25) is 5.95 Å². The van der Waals surface area contributed by atoms with Gasteiger partial charge in [0.05, 0.1) is 0 Å². The zero-order chi connectivity index (χ0) is 19.0. The zero-order valence-corrected chi connectivity index (χ0v) is 15.3. The topological polar surface area (TPSA) is 97.2 Å². The number of aliphatic hydroxyl groups is 1. The normalized spacial score (nSPS) is 19.7. The molecule has 0 radical (unpaired) electrons. The van der Waals surface area contributed by atoms with Gasteiger partial charge in [0.1, 0.15) is 28.1 Å². The Hall–Kier alpha value is -2.38. The molecule has 1 aliphatic rings. The van der Waals surface area contributed by atoms with Gasteiger partial charge in [-0.2, -0.15) is 4.98 Å². The van der Waals surface area contributed by atoms with E-state index in [2.05, 4.69) is 15.3 Å². The fourth-order valence-electron chi connectivity index (χ4n) is 3.64. The largest absolute Gasteiger partial charge is 0.461 e. The number of halogens is 2. The summed E-state index contributed by atoms with van der Waals surface area (Å²) in [7, 11) is 0. The molecule has 0 bridgehead atoms. The predicted octanol–water partition coefficient (Wildman–Crippen LogP) is 3.76. The smallest absolute Gasteiger partial charge is 0.223 e. The number of anilines is 2. The van der Waals surface area contributed by atoms with Crippen LogP contribution in [-0.2, 0) is 6.42 Å². The van der Waals surface area contributed by atoms with Gasteiger partial charge in [0, 0.05) is 30.0 Å². The summed E-state index contributed by atoms with van der Waals surface area (Å²) < 4.78 is 19.2. The molecule has 1 aliphatic carbocycles. The van der Waals surface area contributed by atoms with Crippen LogP contribution in [0.5, 0.6) is 0 Å². The van der Waals surface area contributed by atoms with Gasteiger partial charge in [0.15, 0.2) is 0 Å². The summed E-state index contributed by atoms with van der Waals surface area (Å²) in [6.07, 6.45) is 3.12. The molecule has 2 atom stereocenters. The van der Waals surface area contributed by atoms with Crippen molar-refractivity contribution in [3.05, 3.63) is 46.6 Å². The molecule has 27 heavy (non-hydrogen) atoms. The standard InChI is InChI=1S/C19H20ClFN4O2/c20-17-15(8-14-7-11-6-12(21)2-4-16(11)27-14)18(25-19(22)24-17)23-13-3-1-10(5-13)9-26/h2,4,6-7,10,13,26H,1,3,5,8-9H2,(H3,22,23,24,25)/t10-,13+/m1/s1. The van der Waals surface area contributed by atoms with E-state index in [0.717, 1.165) is 19.3 Å². The average Bonchev–Trinajstić information content (AvgIpc) is 3.23. The number of aromatic nitrogens is 2. The molecular formula is C19H20ClFN4O2. The van der Waals surface area contributed by atoms with Crippen LogP contribution < -0.4 is 11.1 Å². The van der Waals surface area contributed by atoms with Crippen molar-refractivity contribution in [2.45, 2.75) is 31.7 Å². The predicted molar refractivity (Wildman–Crippen MR) is 102 cm³/mol. The Labute approximate surface area is 160 Å². The maximum Gasteiger partial charge on any atom is 0.223 e. The van der Waals surface area contributed by atoms with E-state index in [4.69, 9.17) is 21.8 Å². The van der Waals surface area contributed by atoms with Crippen LogP contribution >= 0.6 is 11.6 Å². The third kappa shape index (κ3) is 3.84. The first-order valence-electron chi connectivity index (χ1n) is 8.89. The van der Waals surface area contributed by atoms with E-state index in [1.54, 1.807) is 12.1 Å². The number of furan rings is 1. The van der Waals surface area contributed by atoms with Gasteiger partial charge in [-0.15, -0.1) is 0 Å². The van der Waals surface area contributed by atoms with E-state index in [1.165, 1.54) is 12.1 Å². The second kappa shape index (κ2) is 7.32. The molecule has 2 aromatic heterocycles. The van der Waals surface area contributed by atoms with Crippen LogP contribution in [0.25, 0.3) is 11.0 Å². The van der Waals surface area contributed by atoms with Gasteiger partial charge in [-0.1, -0.05) is 11.6 Å². The molecule has 0 spiro atoms. The van der Waals surface area contributed by atoms with Crippen LogP contribution in [0.15, 0.2) is 28.7 Å². The molecule has 8 heteroatoms. The lowest BCUT2D eigenvalue weighted by Gasteiger charge is -2.17. The van der Waals surface area contributed by atoms with E-state index >= 15 is 0 Å². The first kappa shape index (κ1) is 18.0. The molecule has 0 saturated heterocycles. The monoisotopic (exact) mass is 390 g/mol. The summed E-state index contributed by atoms with van der Waals surface area (Å²) in [6, 6.07) is 6.36. The second-order valence-electron chi connectivity index (χ2n) is 6.97. The Morgan fingerprint density at radius 1 is 1.30 bits per heavy atom. The minimum atomic E-state index is -0.314. The van der Waals surface area contributed by atoms with Crippen molar-refractivity contribution in [2.24, 2.45) is 5.92 Å². The first-order valence-corrected chi connectivity index (χ1v) is 9.27. The number of nitrogen functional groups attached to an aromatic ring is 1. The van der Waals surface area contributed by atoms with E-state index < -0.39 is 0 Å². The summed E-state index contributed by atoms with van der Waals surface area (Å²) in [5.74, 6) is 1.28. The fraction of sp³-hybridized carbons (Fsp3) is 0.368. The second-order valence-corrected chi connectivity index (χ2v) is 7.33. The van der Waals surface area contributed by atoms with E-state index in [0.29, 0.717) is 40.4 Å². The Balaban J connectivity index is 1.62. The number of fused-ring (bicyclic) bond motifs is 1. The number of aliphatic hydroxyl groups excluding tert-OH is 1. The molecule has 3 aromatic rings. The van der Waals surface area contributed by atoms with Gasteiger partial charge in [-0.25, -0.2) is 9.37 Å². The van der Waals surface area contributed by atoms with Gasteiger partial charge in [0.25, 0.3) is 0 Å². The van der Waals surface area contributed by atoms with Crippen molar-refractivity contribution < 1.29 is 13.9 Å².